The molecule has 0 aromatic carbocycles. The second kappa shape index (κ2) is 8.90. The second-order valence-electron chi connectivity index (χ2n) is 3.86. The van der Waals surface area contributed by atoms with Crippen LogP contribution < -0.4 is 4.90 Å². The van der Waals surface area contributed by atoms with Crippen LogP contribution in [0.5, 0.6) is 0 Å². The van der Waals surface area contributed by atoms with E-state index >= 15 is 0 Å². The van der Waals surface area contributed by atoms with Gasteiger partial charge in [-0.3, -0.25) is 0 Å². The molecule has 0 aliphatic carbocycles. The minimum absolute atomic E-state index is 0.354. The number of hydrogen-bond donors (Lipinski definition) is 1. The number of aromatic carboxylic acids is 1. The molecule has 0 unspecified atom stereocenters. The summed E-state index contributed by atoms with van der Waals surface area (Å²) in [6.07, 6.45) is 0. The molecule has 0 bridgehead atoms. The van der Waals surface area contributed by atoms with Gasteiger partial charge in [0.15, 0.2) is 0 Å². The Hall–Kier alpha value is -1.11. The van der Waals surface area contributed by atoms with Crippen molar-refractivity contribution in [1.82, 2.24) is 0 Å². The number of nitrogens with zero attached hydrogens (tertiary/aromatic N) is 1. The third-order valence-electron chi connectivity index (χ3n) is 2.58. The van der Waals surface area contributed by atoms with E-state index in [0.29, 0.717) is 31.3 Å². The summed E-state index contributed by atoms with van der Waals surface area (Å²) < 4.78 is 10.7. The maximum atomic E-state index is 10.9. The van der Waals surface area contributed by atoms with Crippen molar-refractivity contribution in [3.8, 4) is 0 Å². The molecule has 1 N–H and O–H groups in total. The topological polar surface area (TPSA) is 59.0 Å². The van der Waals surface area contributed by atoms with Crippen molar-refractivity contribution >= 4 is 23.0 Å². The largest absolute Gasteiger partial charge is 0.477 e. The molecular weight excluding hydrogens is 266 g/mol. The van der Waals surface area contributed by atoms with Crippen molar-refractivity contribution in [2.75, 3.05) is 44.4 Å². The van der Waals surface area contributed by atoms with Gasteiger partial charge in [0, 0.05) is 37.4 Å². The van der Waals surface area contributed by atoms with Gasteiger partial charge in [-0.25, -0.2) is 4.79 Å². The Kier molecular flexibility index (Phi) is 7.47. The van der Waals surface area contributed by atoms with Crippen LogP contribution in [0.25, 0.3) is 0 Å². The number of rotatable bonds is 10. The van der Waals surface area contributed by atoms with E-state index in [1.807, 2.05) is 19.2 Å². The first kappa shape index (κ1) is 15.9. The number of anilines is 1. The van der Waals surface area contributed by atoms with Gasteiger partial charge in [-0.2, -0.15) is 0 Å². The fourth-order valence-electron chi connectivity index (χ4n) is 1.61. The number of carboxylic acids is 1. The monoisotopic (exact) mass is 287 g/mol. The zero-order valence-electron chi connectivity index (χ0n) is 11.4. The Labute approximate surface area is 117 Å². The third-order valence-corrected chi connectivity index (χ3v) is 3.49. The molecule has 0 aliphatic rings. The van der Waals surface area contributed by atoms with Crippen molar-refractivity contribution in [2.45, 2.75) is 13.8 Å². The van der Waals surface area contributed by atoms with E-state index in [4.69, 9.17) is 14.6 Å². The van der Waals surface area contributed by atoms with Gasteiger partial charge in [0.05, 0.1) is 13.2 Å². The summed E-state index contributed by atoms with van der Waals surface area (Å²) in [5.74, 6) is -0.884. The van der Waals surface area contributed by atoms with Crippen LogP contribution in [0.15, 0.2) is 11.4 Å². The summed E-state index contributed by atoms with van der Waals surface area (Å²) in [6, 6.07) is 1.70. The summed E-state index contributed by atoms with van der Waals surface area (Å²) >= 11 is 1.24. The first-order valence-corrected chi connectivity index (χ1v) is 7.29. The highest BCUT2D eigenvalue weighted by atomic mass is 32.1. The summed E-state index contributed by atoms with van der Waals surface area (Å²) in [6.45, 7) is 8.00. The number of hydrogen-bond acceptors (Lipinski definition) is 5. The molecule has 0 radical (unpaired) electrons. The van der Waals surface area contributed by atoms with Crippen LogP contribution in [0.4, 0.5) is 5.69 Å². The third kappa shape index (κ3) is 5.59. The summed E-state index contributed by atoms with van der Waals surface area (Å²) in [7, 11) is 0. The van der Waals surface area contributed by atoms with E-state index in [1.54, 1.807) is 6.07 Å². The van der Waals surface area contributed by atoms with E-state index in [2.05, 4.69) is 4.90 Å². The van der Waals surface area contributed by atoms with Crippen molar-refractivity contribution in [3.05, 3.63) is 16.3 Å². The highest BCUT2D eigenvalue weighted by molar-refractivity contribution is 7.12. The smallest absolute Gasteiger partial charge is 0.345 e. The highest BCUT2D eigenvalue weighted by Crippen LogP contribution is 2.23. The molecule has 0 fully saturated rings. The lowest BCUT2D eigenvalue weighted by Gasteiger charge is -2.23. The molecule has 1 heterocycles. The van der Waals surface area contributed by atoms with Gasteiger partial charge in [-0.15, -0.1) is 11.3 Å². The standard InChI is InChI=1S/C13H21NO4S/c1-3-17-7-5-14(6-8-18-4-2)11-9-12(13(15)16)19-10-11/h9-10H,3-8H2,1-2H3,(H,15,16). The Bertz CT molecular complexity index is 370. The molecular formula is C13H21NO4S. The van der Waals surface area contributed by atoms with E-state index < -0.39 is 5.97 Å². The van der Waals surface area contributed by atoms with Crippen molar-refractivity contribution in [3.63, 3.8) is 0 Å². The average molecular weight is 287 g/mol. The molecule has 19 heavy (non-hydrogen) atoms. The summed E-state index contributed by atoms with van der Waals surface area (Å²) in [5, 5.41) is 10.8. The molecule has 0 saturated heterocycles. The van der Waals surface area contributed by atoms with Gasteiger partial charge >= 0.3 is 5.97 Å². The number of thiophene rings is 1. The molecule has 0 atom stereocenters. The van der Waals surface area contributed by atoms with E-state index in [9.17, 15) is 4.79 Å². The molecule has 6 heteroatoms. The van der Waals surface area contributed by atoms with Gasteiger partial charge < -0.3 is 19.5 Å². The molecule has 1 aromatic heterocycles. The summed E-state index contributed by atoms with van der Waals surface area (Å²) in [5.41, 5.74) is 0.918. The van der Waals surface area contributed by atoms with E-state index in [-0.39, 0.29) is 0 Å². The zero-order chi connectivity index (χ0) is 14.1. The maximum Gasteiger partial charge on any atom is 0.345 e. The second-order valence-corrected chi connectivity index (χ2v) is 4.77. The average Bonchev–Trinajstić information content (AvgIpc) is 2.87. The minimum Gasteiger partial charge on any atom is -0.477 e. The first-order chi connectivity index (χ1) is 9.19. The lowest BCUT2D eigenvalue weighted by atomic mass is 10.3. The lowest BCUT2D eigenvalue weighted by molar-refractivity contribution is 0.0702. The van der Waals surface area contributed by atoms with Crippen molar-refractivity contribution in [1.29, 1.82) is 0 Å². The quantitative estimate of drug-likeness (QED) is 0.669. The Balaban J connectivity index is 2.61. The summed E-state index contributed by atoms with van der Waals surface area (Å²) in [4.78, 5) is 13.3. The normalized spacial score (nSPS) is 10.6. The molecule has 108 valence electrons. The molecule has 1 aromatic rings. The van der Waals surface area contributed by atoms with Gasteiger partial charge in [0.25, 0.3) is 0 Å². The van der Waals surface area contributed by atoms with Crippen LogP contribution in [-0.2, 0) is 9.47 Å². The van der Waals surface area contributed by atoms with Gasteiger partial charge in [-0.1, -0.05) is 0 Å². The molecule has 5 nitrogen and oxygen atoms in total. The van der Waals surface area contributed by atoms with Crippen molar-refractivity contribution in [2.24, 2.45) is 0 Å². The molecule has 0 spiro atoms. The van der Waals surface area contributed by atoms with Gasteiger partial charge in [0.2, 0.25) is 0 Å². The predicted molar refractivity (Wildman–Crippen MR) is 76.5 cm³/mol. The van der Waals surface area contributed by atoms with E-state index in [1.165, 1.54) is 11.3 Å². The molecule has 0 aliphatic heterocycles. The van der Waals surface area contributed by atoms with E-state index in [0.717, 1.165) is 18.8 Å². The Morgan fingerprint density at radius 2 is 1.84 bits per heavy atom. The highest BCUT2D eigenvalue weighted by Gasteiger charge is 2.12. The molecule has 0 amide bonds. The number of carboxylic acid groups (broad SMARTS) is 1. The zero-order valence-corrected chi connectivity index (χ0v) is 12.2. The first-order valence-electron chi connectivity index (χ1n) is 6.41. The lowest BCUT2D eigenvalue weighted by Crippen LogP contribution is -2.30. The van der Waals surface area contributed by atoms with Crippen molar-refractivity contribution < 1.29 is 19.4 Å². The number of carbonyl (C=O) groups is 1. The minimum atomic E-state index is -0.884. The van der Waals surface area contributed by atoms with Gasteiger partial charge in [0.1, 0.15) is 4.88 Å². The van der Waals surface area contributed by atoms with Gasteiger partial charge in [-0.05, 0) is 19.9 Å². The fraction of sp³-hybridized carbons (Fsp3) is 0.615. The number of ether oxygens (including phenoxy) is 2. The van der Waals surface area contributed by atoms with Crippen LogP contribution in [0.1, 0.15) is 23.5 Å². The van der Waals surface area contributed by atoms with Crippen LogP contribution in [0.2, 0.25) is 0 Å². The van der Waals surface area contributed by atoms with Crippen LogP contribution in [0.3, 0.4) is 0 Å². The Morgan fingerprint density at radius 3 is 2.26 bits per heavy atom. The maximum absolute atomic E-state index is 10.9. The SMILES string of the molecule is CCOCCN(CCOCC)c1csc(C(=O)O)c1. The van der Waals surface area contributed by atoms with Crippen LogP contribution in [-0.4, -0.2) is 50.6 Å². The Morgan fingerprint density at radius 1 is 1.26 bits per heavy atom. The van der Waals surface area contributed by atoms with Crippen LogP contribution >= 0.6 is 11.3 Å². The fourth-order valence-corrected chi connectivity index (χ4v) is 2.37. The molecule has 1 rings (SSSR count). The predicted octanol–water partition coefficient (Wildman–Crippen LogP) is 2.33. The van der Waals surface area contributed by atoms with Crippen LogP contribution in [0, 0.1) is 0 Å². The molecule has 0 saturated carbocycles.